The van der Waals surface area contributed by atoms with Gasteiger partial charge in [0.25, 0.3) is 0 Å². The highest BCUT2D eigenvalue weighted by Gasteiger charge is 2.37. The number of nitrogens with zero attached hydrogens (tertiary/aromatic N) is 2. The molecule has 7 heteroatoms. The molecule has 0 aliphatic carbocycles. The van der Waals surface area contributed by atoms with Crippen LogP contribution in [0.1, 0.15) is 19.7 Å². The fraction of sp³-hybridized carbons (Fsp3) is 0.667. The Kier molecular flexibility index (Phi) is 2.38. The molecule has 1 aromatic rings. The van der Waals surface area contributed by atoms with E-state index in [1.807, 2.05) is 0 Å². The molecule has 1 rings (SSSR count). The van der Waals surface area contributed by atoms with Gasteiger partial charge in [0.1, 0.15) is 4.75 Å². The van der Waals surface area contributed by atoms with Crippen molar-refractivity contribution < 1.29 is 12.8 Å². The standard InChI is InChI=1S/C6H9ClN2O3S/c1-6(2,13(3,10)11)4-8-9-5(7)12-4/h1-3H3. The highest BCUT2D eigenvalue weighted by atomic mass is 35.5. The molecule has 1 heterocycles. The number of halogens is 1. The van der Waals surface area contributed by atoms with Crippen LogP contribution >= 0.6 is 11.6 Å². The lowest BCUT2D eigenvalue weighted by Gasteiger charge is -2.16. The lowest BCUT2D eigenvalue weighted by Crippen LogP contribution is -2.28. The van der Waals surface area contributed by atoms with Crippen molar-refractivity contribution in [1.82, 2.24) is 10.2 Å². The third-order valence-electron chi connectivity index (χ3n) is 1.84. The number of rotatable bonds is 2. The van der Waals surface area contributed by atoms with Gasteiger partial charge in [0, 0.05) is 6.26 Å². The zero-order chi connectivity index (χ0) is 10.3. The Morgan fingerprint density at radius 1 is 1.38 bits per heavy atom. The van der Waals surface area contributed by atoms with Crippen LogP contribution in [0.5, 0.6) is 0 Å². The first-order valence-corrected chi connectivity index (χ1v) is 5.71. The zero-order valence-corrected chi connectivity index (χ0v) is 8.98. The molecule has 5 nitrogen and oxygen atoms in total. The molecular formula is C6H9ClN2O3S. The van der Waals surface area contributed by atoms with Crippen LogP contribution in [0, 0.1) is 0 Å². The number of hydrogen-bond acceptors (Lipinski definition) is 5. The van der Waals surface area contributed by atoms with Crippen molar-refractivity contribution in [3.8, 4) is 0 Å². The zero-order valence-electron chi connectivity index (χ0n) is 7.41. The molecule has 0 saturated carbocycles. The van der Waals surface area contributed by atoms with Crippen molar-refractivity contribution in [2.24, 2.45) is 0 Å². The van der Waals surface area contributed by atoms with Crippen molar-refractivity contribution in [2.45, 2.75) is 18.6 Å². The normalized spacial score (nSPS) is 13.2. The second kappa shape index (κ2) is 2.95. The quantitative estimate of drug-likeness (QED) is 0.750. The summed E-state index contributed by atoms with van der Waals surface area (Å²) in [5.41, 5.74) is 0. The molecule has 74 valence electrons. The summed E-state index contributed by atoms with van der Waals surface area (Å²) >= 11 is 5.38. The van der Waals surface area contributed by atoms with Gasteiger partial charge < -0.3 is 4.42 Å². The number of aromatic nitrogens is 2. The third-order valence-corrected chi connectivity index (χ3v) is 4.02. The highest BCUT2D eigenvalue weighted by Crippen LogP contribution is 2.28. The smallest absolute Gasteiger partial charge is 0.312 e. The maximum Gasteiger partial charge on any atom is 0.312 e. The Bertz CT molecular complexity index is 409. The van der Waals surface area contributed by atoms with E-state index in [1.165, 1.54) is 13.8 Å². The molecule has 0 aliphatic rings. The minimum absolute atomic E-state index is 0.000000000000000444. The summed E-state index contributed by atoms with van der Waals surface area (Å²) in [5, 5.41) is 6.75. The largest absolute Gasteiger partial charge is 0.410 e. The molecule has 0 fully saturated rings. The Morgan fingerprint density at radius 2 is 1.92 bits per heavy atom. The van der Waals surface area contributed by atoms with E-state index in [1.54, 1.807) is 0 Å². The minimum atomic E-state index is -3.30. The molecule has 0 unspecified atom stereocenters. The van der Waals surface area contributed by atoms with Gasteiger partial charge in [-0.25, -0.2) is 8.42 Å². The molecular weight excluding hydrogens is 216 g/mol. The maximum absolute atomic E-state index is 11.3. The van der Waals surface area contributed by atoms with E-state index in [-0.39, 0.29) is 11.2 Å². The lowest BCUT2D eigenvalue weighted by atomic mass is 10.2. The van der Waals surface area contributed by atoms with Crippen molar-refractivity contribution in [3.05, 3.63) is 11.2 Å². The van der Waals surface area contributed by atoms with Gasteiger partial charge in [-0.2, -0.15) is 0 Å². The molecule has 0 saturated heterocycles. The highest BCUT2D eigenvalue weighted by molar-refractivity contribution is 7.91. The lowest BCUT2D eigenvalue weighted by molar-refractivity contribution is 0.434. The summed E-state index contributed by atoms with van der Waals surface area (Å²) in [6.07, 6.45) is 1.10. The van der Waals surface area contributed by atoms with Crippen LogP contribution in [0.15, 0.2) is 4.42 Å². The van der Waals surface area contributed by atoms with Crippen LogP contribution < -0.4 is 0 Å². The third kappa shape index (κ3) is 1.83. The van der Waals surface area contributed by atoms with Crippen LogP contribution in [0.4, 0.5) is 0 Å². The van der Waals surface area contributed by atoms with Gasteiger partial charge in [-0.15, -0.1) is 5.10 Å². The molecule has 13 heavy (non-hydrogen) atoms. The van der Waals surface area contributed by atoms with E-state index >= 15 is 0 Å². The van der Waals surface area contributed by atoms with Gasteiger partial charge in [-0.05, 0) is 25.4 Å². The molecule has 0 atom stereocenters. The van der Waals surface area contributed by atoms with Gasteiger partial charge in [0.2, 0.25) is 5.89 Å². The van der Waals surface area contributed by atoms with Gasteiger partial charge in [0.15, 0.2) is 9.84 Å². The van der Waals surface area contributed by atoms with Crippen molar-refractivity contribution in [1.29, 1.82) is 0 Å². The van der Waals surface area contributed by atoms with E-state index in [0.29, 0.717) is 0 Å². The van der Waals surface area contributed by atoms with E-state index in [9.17, 15) is 8.42 Å². The minimum Gasteiger partial charge on any atom is -0.410 e. The number of sulfone groups is 1. The maximum atomic E-state index is 11.3. The first-order chi connectivity index (χ1) is 5.75. The fourth-order valence-electron chi connectivity index (χ4n) is 0.607. The summed E-state index contributed by atoms with van der Waals surface area (Å²) < 4.78 is 26.2. The summed E-state index contributed by atoms with van der Waals surface area (Å²) in [5.74, 6) is 0.000000000000000444. The first kappa shape index (κ1) is 10.5. The van der Waals surface area contributed by atoms with Crippen molar-refractivity contribution in [2.75, 3.05) is 6.26 Å². The predicted molar refractivity (Wildman–Crippen MR) is 47.2 cm³/mol. The Balaban J connectivity index is 3.23. The van der Waals surface area contributed by atoms with Crippen LogP contribution in [0.2, 0.25) is 5.35 Å². The first-order valence-electron chi connectivity index (χ1n) is 3.44. The fourth-order valence-corrected chi connectivity index (χ4v) is 1.12. The second-order valence-electron chi connectivity index (χ2n) is 3.14. The van der Waals surface area contributed by atoms with Crippen LogP contribution in [0.3, 0.4) is 0 Å². The number of hydrogen-bond donors (Lipinski definition) is 0. The van der Waals surface area contributed by atoms with Gasteiger partial charge in [-0.1, -0.05) is 5.10 Å². The van der Waals surface area contributed by atoms with Crippen LogP contribution in [-0.2, 0) is 14.6 Å². The second-order valence-corrected chi connectivity index (χ2v) is 6.03. The summed E-state index contributed by atoms with van der Waals surface area (Å²) in [6, 6.07) is 0. The molecule has 0 bridgehead atoms. The molecule has 0 spiro atoms. The van der Waals surface area contributed by atoms with Gasteiger partial charge >= 0.3 is 5.35 Å². The molecule has 1 aromatic heterocycles. The summed E-state index contributed by atoms with van der Waals surface area (Å²) in [6.45, 7) is 2.96. The van der Waals surface area contributed by atoms with Gasteiger partial charge in [0.05, 0.1) is 0 Å². The van der Waals surface area contributed by atoms with Gasteiger partial charge in [-0.3, -0.25) is 0 Å². The van der Waals surface area contributed by atoms with Crippen LogP contribution in [0.25, 0.3) is 0 Å². The van der Waals surface area contributed by atoms with E-state index < -0.39 is 14.6 Å². The van der Waals surface area contributed by atoms with Crippen molar-refractivity contribution in [3.63, 3.8) is 0 Å². The Hall–Kier alpha value is -0.620. The van der Waals surface area contributed by atoms with E-state index in [4.69, 9.17) is 16.0 Å². The Labute approximate surface area is 81.0 Å². The molecule has 0 N–H and O–H groups in total. The SMILES string of the molecule is CC(C)(c1nnc(Cl)o1)S(C)(=O)=O. The van der Waals surface area contributed by atoms with Crippen molar-refractivity contribution >= 4 is 21.4 Å². The van der Waals surface area contributed by atoms with E-state index in [2.05, 4.69) is 10.2 Å². The average molecular weight is 225 g/mol. The summed E-state index contributed by atoms with van der Waals surface area (Å²) in [4.78, 5) is 0. The Morgan fingerprint density at radius 3 is 2.23 bits per heavy atom. The molecule has 0 aromatic carbocycles. The molecule has 0 aliphatic heterocycles. The molecule has 0 radical (unpaired) electrons. The van der Waals surface area contributed by atoms with E-state index in [0.717, 1.165) is 6.26 Å². The topological polar surface area (TPSA) is 73.1 Å². The average Bonchev–Trinajstić information content (AvgIpc) is 2.33. The predicted octanol–water partition coefficient (Wildman–Crippen LogP) is 1.00. The summed E-state index contributed by atoms with van der Waals surface area (Å²) in [7, 11) is -3.30. The molecule has 0 amide bonds. The monoisotopic (exact) mass is 224 g/mol. The van der Waals surface area contributed by atoms with Crippen LogP contribution in [-0.4, -0.2) is 24.9 Å².